The molecule has 2 rings (SSSR count). The van der Waals surface area contributed by atoms with Gasteiger partial charge in [-0.15, -0.1) is 11.3 Å². The molecule has 16 heavy (non-hydrogen) atoms. The van der Waals surface area contributed by atoms with Gasteiger partial charge in [-0.1, -0.05) is 6.07 Å². The smallest absolute Gasteiger partial charge is 0.115 e. The number of nitrogen functional groups attached to an aromatic ring is 1. The predicted octanol–water partition coefficient (Wildman–Crippen LogP) is 3.21. The number of hydrogen-bond acceptors (Lipinski definition) is 4. The minimum absolute atomic E-state index is 0.210. The Morgan fingerprint density at radius 3 is 2.88 bits per heavy atom. The molecule has 0 radical (unpaired) electrons. The van der Waals surface area contributed by atoms with Crippen LogP contribution in [0.1, 0.15) is 23.5 Å². The molecule has 3 N–H and O–H groups in total. The number of aryl methyl sites for hydroxylation is 1. The van der Waals surface area contributed by atoms with Crippen LogP contribution < -0.4 is 11.1 Å². The average Bonchev–Trinajstić information content (AvgIpc) is 2.77. The molecule has 1 heterocycles. The summed E-state index contributed by atoms with van der Waals surface area (Å²) in [6.45, 7) is 4.10. The number of nitrogens with zero attached hydrogens (tertiary/aromatic N) is 1. The molecule has 1 atom stereocenters. The van der Waals surface area contributed by atoms with Gasteiger partial charge in [-0.25, -0.2) is 4.98 Å². The fourth-order valence-electron chi connectivity index (χ4n) is 1.49. The van der Waals surface area contributed by atoms with Crippen LogP contribution in [0.5, 0.6) is 0 Å². The monoisotopic (exact) mass is 233 g/mol. The largest absolute Gasteiger partial charge is 0.398 e. The summed E-state index contributed by atoms with van der Waals surface area (Å²) in [5, 5.41) is 6.45. The molecular formula is C12H15N3S. The van der Waals surface area contributed by atoms with Crippen molar-refractivity contribution < 1.29 is 0 Å². The zero-order valence-electron chi connectivity index (χ0n) is 9.40. The van der Waals surface area contributed by atoms with Gasteiger partial charge in [0.2, 0.25) is 0 Å². The molecule has 0 aliphatic rings. The Bertz CT molecular complexity index is 465. The second-order valence-corrected chi connectivity index (χ2v) is 4.73. The van der Waals surface area contributed by atoms with Crippen molar-refractivity contribution in [3.63, 3.8) is 0 Å². The van der Waals surface area contributed by atoms with Crippen molar-refractivity contribution in [2.24, 2.45) is 0 Å². The van der Waals surface area contributed by atoms with E-state index in [1.54, 1.807) is 11.3 Å². The van der Waals surface area contributed by atoms with E-state index in [2.05, 4.69) is 17.2 Å². The standard InChI is InChI=1S/C12H15N3S/c1-8-3-4-10(7-11(8)13)15-9(2)12-14-5-6-16-12/h3-7,9,15H,13H2,1-2H3. The van der Waals surface area contributed by atoms with E-state index in [4.69, 9.17) is 5.73 Å². The topological polar surface area (TPSA) is 50.9 Å². The van der Waals surface area contributed by atoms with Gasteiger partial charge in [-0.05, 0) is 31.5 Å². The van der Waals surface area contributed by atoms with Crippen LogP contribution in [0.4, 0.5) is 11.4 Å². The third-order valence-electron chi connectivity index (χ3n) is 2.48. The molecule has 0 bridgehead atoms. The molecule has 4 heteroatoms. The van der Waals surface area contributed by atoms with E-state index in [1.807, 2.05) is 36.7 Å². The molecule has 0 saturated carbocycles. The van der Waals surface area contributed by atoms with Gasteiger partial charge in [0.1, 0.15) is 5.01 Å². The molecule has 84 valence electrons. The van der Waals surface area contributed by atoms with E-state index in [0.717, 1.165) is 21.9 Å². The van der Waals surface area contributed by atoms with Crippen LogP contribution in [0.15, 0.2) is 29.8 Å². The van der Waals surface area contributed by atoms with E-state index in [1.165, 1.54) is 0 Å². The lowest BCUT2D eigenvalue weighted by molar-refractivity contribution is 0.870. The van der Waals surface area contributed by atoms with E-state index < -0.39 is 0 Å². The lowest BCUT2D eigenvalue weighted by Crippen LogP contribution is -2.06. The Balaban J connectivity index is 2.12. The summed E-state index contributed by atoms with van der Waals surface area (Å²) in [4.78, 5) is 4.28. The third kappa shape index (κ3) is 2.33. The second kappa shape index (κ2) is 4.53. The first-order chi connectivity index (χ1) is 7.66. The highest BCUT2D eigenvalue weighted by Gasteiger charge is 2.07. The SMILES string of the molecule is Cc1ccc(NC(C)c2nccs2)cc1N. The lowest BCUT2D eigenvalue weighted by atomic mass is 10.2. The number of thiazole rings is 1. The van der Waals surface area contributed by atoms with Crippen LogP contribution in [0.25, 0.3) is 0 Å². The van der Waals surface area contributed by atoms with E-state index in [-0.39, 0.29) is 6.04 Å². The minimum Gasteiger partial charge on any atom is -0.398 e. The predicted molar refractivity (Wildman–Crippen MR) is 69.7 cm³/mol. The van der Waals surface area contributed by atoms with Gasteiger partial charge < -0.3 is 11.1 Å². The number of benzene rings is 1. The normalized spacial score (nSPS) is 12.4. The number of nitrogens with one attached hydrogen (secondary N) is 1. The maximum absolute atomic E-state index is 5.86. The minimum atomic E-state index is 0.210. The molecule has 1 aromatic heterocycles. The van der Waals surface area contributed by atoms with E-state index in [0.29, 0.717) is 0 Å². The van der Waals surface area contributed by atoms with Crippen LogP contribution in [0.3, 0.4) is 0 Å². The van der Waals surface area contributed by atoms with Gasteiger partial charge in [-0.2, -0.15) is 0 Å². The molecule has 0 fully saturated rings. The van der Waals surface area contributed by atoms with Crippen LogP contribution in [-0.4, -0.2) is 4.98 Å². The summed E-state index contributed by atoms with van der Waals surface area (Å²) < 4.78 is 0. The second-order valence-electron chi connectivity index (χ2n) is 3.81. The zero-order chi connectivity index (χ0) is 11.5. The molecule has 0 aliphatic carbocycles. The van der Waals surface area contributed by atoms with Crippen molar-refractivity contribution in [2.45, 2.75) is 19.9 Å². The van der Waals surface area contributed by atoms with Crippen LogP contribution in [-0.2, 0) is 0 Å². The van der Waals surface area contributed by atoms with Crippen LogP contribution >= 0.6 is 11.3 Å². The Morgan fingerprint density at radius 2 is 2.25 bits per heavy atom. The van der Waals surface area contributed by atoms with Crippen LogP contribution in [0, 0.1) is 6.92 Å². The van der Waals surface area contributed by atoms with Crippen molar-refractivity contribution in [3.8, 4) is 0 Å². The summed E-state index contributed by atoms with van der Waals surface area (Å²) in [5.74, 6) is 0. The molecule has 2 aromatic rings. The lowest BCUT2D eigenvalue weighted by Gasteiger charge is -2.13. The molecule has 0 spiro atoms. The Hall–Kier alpha value is -1.55. The summed E-state index contributed by atoms with van der Waals surface area (Å²) >= 11 is 1.65. The van der Waals surface area contributed by atoms with Crippen LogP contribution in [0.2, 0.25) is 0 Å². The van der Waals surface area contributed by atoms with Crippen molar-refractivity contribution in [2.75, 3.05) is 11.1 Å². The molecule has 0 amide bonds. The summed E-state index contributed by atoms with van der Waals surface area (Å²) in [7, 11) is 0. The molecule has 3 nitrogen and oxygen atoms in total. The van der Waals surface area contributed by atoms with E-state index in [9.17, 15) is 0 Å². The molecular weight excluding hydrogens is 218 g/mol. The Morgan fingerprint density at radius 1 is 1.44 bits per heavy atom. The van der Waals surface area contributed by atoms with Crippen molar-refractivity contribution in [3.05, 3.63) is 40.3 Å². The Labute approximate surface area is 99.3 Å². The highest BCUT2D eigenvalue weighted by molar-refractivity contribution is 7.09. The van der Waals surface area contributed by atoms with Gasteiger partial charge in [-0.3, -0.25) is 0 Å². The maximum Gasteiger partial charge on any atom is 0.115 e. The summed E-state index contributed by atoms with van der Waals surface area (Å²) in [6, 6.07) is 6.23. The fourth-order valence-corrected chi connectivity index (χ4v) is 2.14. The summed E-state index contributed by atoms with van der Waals surface area (Å²) in [6.07, 6.45) is 1.82. The number of rotatable bonds is 3. The average molecular weight is 233 g/mol. The van der Waals surface area contributed by atoms with Gasteiger partial charge in [0.05, 0.1) is 6.04 Å². The number of hydrogen-bond donors (Lipinski definition) is 2. The van der Waals surface area contributed by atoms with Crippen molar-refractivity contribution in [1.82, 2.24) is 4.98 Å². The zero-order valence-corrected chi connectivity index (χ0v) is 10.2. The third-order valence-corrected chi connectivity index (χ3v) is 3.44. The first kappa shape index (κ1) is 11.0. The van der Waals surface area contributed by atoms with Gasteiger partial charge in [0.15, 0.2) is 0 Å². The highest BCUT2D eigenvalue weighted by atomic mass is 32.1. The van der Waals surface area contributed by atoms with Gasteiger partial charge in [0, 0.05) is 23.0 Å². The molecule has 1 aromatic carbocycles. The van der Waals surface area contributed by atoms with Crippen molar-refractivity contribution >= 4 is 22.7 Å². The van der Waals surface area contributed by atoms with Gasteiger partial charge in [0.25, 0.3) is 0 Å². The first-order valence-corrected chi connectivity index (χ1v) is 6.07. The quantitative estimate of drug-likeness (QED) is 0.800. The number of nitrogens with two attached hydrogens (primary N) is 1. The first-order valence-electron chi connectivity index (χ1n) is 5.19. The Kier molecular flexibility index (Phi) is 3.10. The maximum atomic E-state index is 5.86. The fraction of sp³-hybridized carbons (Fsp3) is 0.250. The summed E-state index contributed by atoms with van der Waals surface area (Å²) in [5.41, 5.74) is 8.82. The number of anilines is 2. The molecule has 0 saturated heterocycles. The number of aromatic nitrogens is 1. The molecule has 1 unspecified atom stereocenters. The van der Waals surface area contributed by atoms with Crippen molar-refractivity contribution in [1.29, 1.82) is 0 Å². The van der Waals surface area contributed by atoms with Gasteiger partial charge >= 0.3 is 0 Å². The van der Waals surface area contributed by atoms with E-state index >= 15 is 0 Å². The highest BCUT2D eigenvalue weighted by Crippen LogP contribution is 2.23. The molecule has 0 aliphatic heterocycles.